The van der Waals surface area contributed by atoms with E-state index in [9.17, 15) is 0 Å². The summed E-state index contributed by atoms with van der Waals surface area (Å²) in [7, 11) is 0. The van der Waals surface area contributed by atoms with Crippen molar-refractivity contribution < 1.29 is 4.74 Å². The number of rotatable bonds is 2. The molecule has 0 aromatic carbocycles. The molecule has 2 heterocycles. The minimum absolute atomic E-state index is 0.542. The number of hydrogen-bond acceptors (Lipinski definition) is 4. The van der Waals surface area contributed by atoms with Gasteiger partial charge in [-0.2, -0.15) is 0 Å². The second-order valence-corrected chi connectivity index (χ2v) is 2.70. The Morgan fingerprint density at radius 2 is 1.93 bits per heavy atom. The third-order valence-electron chi connectivity index (χ3n) is 1.68. The normalized spacial score (nSPS) is 9.71. The summed E-state index contributed by atoms with van der Waals surface area (Å²) in [6, 6.07) is 5.28. The number of nitrogens with zero attached hydrogens (tertiary/aromatic N) is 2. The van der Waals surface area contributed by atoms with Crippen molar-refractivity contribution >= 4 is 5.69 Å². The van der Waals surface area contributed by atoms with Crippen LogP contribution in [-0.4, -0.2) is 9.97 Å². The summed E-state index contributed by atoms with van der Waals surface area (Å²) in [4.78, 5) is 7.84. The highest BCUT2D eigenvalue weighted by atomic mass is 16.5. The summed E-state index contributed by atoms with van der Waals surface area (Å²) in [6.07, 6.45) is 6.49. The van der Waals surface area contributed by atoms with E-state index in [4.69, 9.17) is 10.5 Å². The lowest BCUT2D eigenvalue weighted by Crippen LogP contribution is -1.92. The molecule has 0 fully saturated rings. The Bertz CT molecular complexity index is 417. The van der Waals surface area contributed by atoms with Gasteiger partial charge >= 0.3 is 0 Å². The standard InChI is InChI=1S/C10H9N3O/c11-9-3-5-13-7-10(9)14-8-2-1-4-12-6-8/h1-7H,(H2,11,13). The van der Waals surface area contributed by atoms with Crippen LogP contribution >= 0.6 is 0 Å². The van der Waals surface area contributed by atoms with Crippen LogP contribution in [0, 0.1) is 0 Å². The second kappa shape index (κ2) is 3.74. The van der Waals surface area contributed by atoms with E-state index in [0.29, 0.717) is 17.2 Å². The van der Waals surface area contributed by atoms with E-state index in [0.717, 1.165) is 0 Å². The van der Waals surface area contributed by atoms with Gasteiger partial charge in [-0.05, 0) is 18.2 Å². The molecule has 4 nitrogen and oxygen atoms in total. The van der Waals surface area contributed by atoms with Crippen molar-refractivity contribution in [3.05, 3.63) is 43.0 Å². The molecule has 2 aromatic rings. The van der Waals surface area contributed by atoms with Crippen LogP contribution < -0.4 is 10.5 Å². The Balaban J connectivity index is 2.24. The first kappa shape index (κ1) is 8.50. The quantitative estimate of drug-likeness (QED) is 0.779. The molecule has 0 aliphatic rings. The maximum Gasteiger partial charge on any atom is 0.168 e. The summed E-state index contributed by atoms with van der Waals surface area (Å²) in [6.45, 7) is 0. The molecule has 0 amide bonds. The van der Waals surface area contributed by atoms with Crippen LogP contribution in [0.5, 0.6) is 11.5 Å². The van der Waals surface area contributed by atoms with Crippen molar-refractivity contribution in [2.75, 3.05) is 5.73 Å². The molecular formula is C10H9N3O. The van der Waals surface area contributed by atoms with Crippen LogP contribution in [0.1, 0.15) is 0 Å². The molecule has 2 rings (SSSR count). The molecule has 0 aliphatic heterocycles. The molecule has 2 aromatic heterocycles. The van der Waals surface area contributed by atoms with Gasteiger partial charge in [-0.15, -0.1) is 0 Å². The number of hydrogen-bond donors (Lipinski definition) is 1. The molecule has 4 heteroatoms. The van der Waals surface area contributed by atoms with Crippen molar-refractivity contribution in [3.8, 4) is 11.5 Å². The van der Waals surface area contributed by atoms with E-state index in [-0.39, 0.29) is 0 Å². The summed E-state index contributed by atoms with van der Waals surface area (Å²) in [5.74, 6) is 1.19. The molecule has 0 radical (unpaired) electrons. The van der Waals surface area contributed by atoms with Crippen molar-refractivity contribution in [1.29, 1.82) is 0 Å². The average Bonchev–Trinajstić information content (AvgIpc) is 2.23. The van der Waals surface area contributed by atoms with E-state index in [1.54, 1.807) is 43.0 Å². The zero-order valence-electron chi connectivity index (χ0n) is 7.42. The Morgan fingerprint density at radius 3 is 2.64 bits per heavy atom. The van der Waals surface area contributed by atoms with Crippen LogP contribution in [0.4, 0.5) is 5.69 Å². The maximum atomic E-state index is 5.68. The van der Waals surface area contributed by atoms with E-state index >= 15 is 0 Å². The van der Waals surface area contributed by atoms with Gasteiger partial charge in [-0.25, -0.2) is 0 Å². The second-order valence-electron chi connectivity index (χ2n) is 2.70. The first-order chi connectivity index (χ1) is 6.86. The van der Waals surface area contributed by atoms with E-state index in [2.05, 4.69) is 9.97 Å². The smallest absolute Gasteiger partial charge is 0.168 e. The van der Waals surface area contributed by atoms with Crippen molar-refractivity contribution in [2.45, 2.75) is 0 Å². The fourth-order valence-corrected chi connectivity index (χ4v) is 1.01. The lowest BCUT2D eigenvalue weighted by atomic mass is 10.4. The topological polar surface area (TPSA) is 61.0 Å². The minimum atomic E-state index is 0.542. The molecule has 0 saturated carbocycles. The predicted molar refractivity (Wildman–Crippen MR) is 53.0 cm³/mol. The van der Waals surface area contributed by atoms with Crippen molar-refractivity contribution in [3.63, 3.8) is 0 Å². The molecule has 0 aliphatic carbocycles. The van der Waals surface area contributed by atoms with Gasteiger partial charge in [0.15, 0.2) is 5.75 Å². The van der Waals surface area contributed by atoms with Gasteiger partial charge in [0.25, 0.3) is 0 Å². The Hall–Kier alpha value is -2.10. The molecule has 0 bridgehead atoms. The third kappa shape index (κ3) is 1.80. The fraction of sp³-hybridized carbons (Fsp3) is 0. The molecule has 0 spiro atoms. The zero-order valence-corrected chi connectivity index (χ0v) is 7.42. The Morgan fingerprint density at radius 1 is 1.07 bits per heavy atom. The van der Waals surface area contributed by atoms with Gasteiger partial charge < -0.3 is 10.5 Å². The lowest BCUT2D eigenvalue weighted by molar-refractivity contribution is 0.480. The molecule has 0 atom stereocenters. The highest BCUT2D eigenvalue weighted by Gasteiger charge is 2.00. The van der Waals surface area contributed by atoms with Crippen LogP contribution in [0.15, 0.2) is 43.0 Å². The molecule has 2 N–H and O–H groups in total. The molecule has 14 heavy (non-hydrogen) atoms. The van der Waals surface area contributed by atoms with Gasteiger partial charge in [0, 0.05) is 12.4 Å². The van der Waals surface area contributed by atoms with Gasteiger partial charge in [0.1, 0.15) is 5.75 Å². The number of pyridine rings is 2. The van der Waals surface area contributed by atoms with Crippen LogP contribution in [-0.2, 0) is 0 Å². The minimum Gasteiger partial charge on any atom is -0.452 e. The van der Waals surface area contributed by atoms with Gasteiger partial charge in [-0.1, -0.05) is 0 Å². The Labute approximate surface area is 81.4 Å². The molecular weight excluding hydrogens is 178 g/mol. The van der Waals surface area contributed by atoms with Crippen molar-refractivity contribution in [2.24, 2.45) is 0 Å². The summed E-state index contributed by atoms with van der Waals surface area (Å²) < 4.78 is 5.46. The number of nitrogens with two attached hydrogens (primary N) is 1. The van der Waals surface area contributed by atoms with Crippen LogP contribution in [0.25, 0.3) is 0 Å². The summed E-state index contributed by atoms with van der Waals surface area (Å²) >= 11 is 0. The van der Waals surface area contributed by atoms with Gasteiger partial charge in [0.2, 0.25) is 0 Å². The van der Waals surface area contributed by atoms with Gasteiger partial charge in [0.05, 0.1) is 18.1 Å². The Kier molecular flexibility index (Phi) is 2.27. The van der Waals surface area contributed by atoms with Crippen molar-refractivity contribution in [1.82, 2.24) is 9.97 Å². The molecule has 0 unspecified atom stereocenters. The van der Waals surface area contributed by atoms with Crippen LogP contribution in [0.3, 0.4) is 0 Å². The maximum absolute atomic E-state index is 5.68. The van der Waals surface area contributed by atoms with Gasteiger partial charge in [-0.3, -0.25) is 9.97 Å². The zero-order chi connectivity index (χ0) is 9.80. The number of anilines is 1. The first-order valence-electron chi connectivity index (χ1n) is 4.13. The number of aromatic nitrogens is 2. The molecule has 0 saturated heterocycles. The average molecular weight is 187 g/mol. The molecule has 70 valence electrons. The van der Waals surface area contributed by atoms with Crippen LogP contribution in [0.2, 0.25) is 0 Å². The SMILES string of the molecule is Nc1ccncc1Oc1cccnc1. The number of ether oxygens (including phenoxy) is 1. The monoisotopic (exact) mass is 187 g/mol. The number of nitrogen functional groups attached to an aromatic ring is 1. The summed E-state index contributed by atoms with van der Waals surface area (Å²) in [5, 5.41) is 0. The highest BCUT2D eigenvalue weighted by molar-refractivity contribution is 5.51. The van der Waals surface area contributed by atoms with E-state index in [1.807, 2.05) is 0 Å². The van der Waals surface area contributed by atoms with E-state index < -0.39 is 0 Å². The van der Waals surface area contributed by atoms with E-state index in [1.165, 1.54) is 0 Å². The largest absolute Gasteiger partial charge is 0.452 e. The third-order valence-corrected chi connectivity index (χ3v) is 1.68. The lowest BCUT2D eigenvalue weighted by Gasteiger charge is -2.05. The first-order valence-corrected chi connectivity index (χ1v) is 4.13. The predicted octanol–water partition coefficient (Wildman–Crippen LogP) is 1.85. The summed E-state index contributed by atoms with van der Waals surface area (Å²) in [5.41, 5.74) is 6.24. The highest BCUT2D eigenvalue weighted by Crippen LogP contribution is 2.24. The fourth-order valence-electron chi connectivity index (χ4n) is 1.01.